The number of allylic oxidation sites excluding steroid dienone is 2. The fourth-order valence-corrected chi connectivity index (χ4v) is 27.2. The standard InChI is InChI=1S/C45H50.2CH3.Hf/c1-11-22-45(10,35-25-31-14-12-16-39(41(31)27-35)37-20-18-33(23-29(37)2)43(4,5)6)36-26-32-15-13-17-40(42(32)28-36)38-21-19-34(24-30(38)3)44(7,8)9;;;/h12-21,23-28H,11,22H2,1-10H3;2*1H3;. The van der Waals surface area contributed by atoms with E-state index >= 15 is 0 Å². The first kappa shape index (κ1) is 33.7. The molecule has 7 rings (SSSR count). The molecule has 0 N–H and O–H groups in total. The molecule has 0 saturated carbocycles. The second-order valence-corrected chi connectivity index (χ2v) is 35.4. The number of fused-ring (bicyclic) bond motifs is 6. The maximum absolute atomic E-state index is 3.13. The van der Waals surface area contributed by atoms with Crippen LogP contribution in [0.15, 0.2) is 83.9 Å². The van der Waals surface area contributed by atoms with Gasteiger partial charge >= 0.3 is 298 Å². The third-order valence-corrected chi connectivity index (χ3v) is 27.6. The van der Waals surface area contributed by atoms with Crippen molar-refractivity contribution in [3.63, 3.8) is 0 Å². The van der Waals surface area contributed by atoms with Crippen LogP contribution in [0.3, 0.4) is 0 Å². The van der Waals surface area contributed by atoms with E-state index in [9.17, 15) is 0 Å². The molecule has 3 aliphatic rings. The van der Waals surface area contributed by atoms with Crippen LogP contribution in [0, 0.1) is 19.3 Å². The topological polar surface area (TPSA) is 0 Å². The van der Waals surface area contributed by atoms with Crippen molar-refractivity contribution in [1.82, 2.24) is 0 Å². The van der Waals surface area contributed by atoms with Gasteiger partial charge in [-0.05, 0) is 0 Å². The van der Waals surface area contributed by atoms with Crippen LogP contribution < -0.4 is 0 Å². The predicted octanol–water partition coefficient (Wildman–Crippen LogP) is 13.9. The van der Waals surface area contributed by atoms with Crippen molar-refractivity contribution in [3.05, 3.63) is 128 Å². The van der Waals surface area contributed by atoms with E-state index in [1.54, 1.807) is 22.3 Å². The molecule has 2 atom stereocenters. The molecular weight excluding hydrogens is 743 g/mol. The van der Waals surface area contributed by atoms with Crippen molar-refractivity contribution in [2.24, 2.45) is 5.41 Å². The van der Waals surface area contributed by atoms with Gasteiger partial charge in [-0.3, -0.25) is 0 Å². The van der Waals surface area contributed by atoms with Gasteiger partial charge < -0.3 is 0 Å². The van der Waals surface area contributed by atoms with Crippen LogP contribution in [-0.4, -0.2) is 0 Å². The Morgan fingerprint density at radius 3 is 1.38 bits per heavy atom. The van der Waals surface area contributed by atoms with Gasteiger partial charge in [0.1, 0.15) is 0 Å². The molecule has 1 saturated heterocycles. The van der Waals surface area contributed by atoms with Crippen LogP contribution >= 0.6 is 0 Å². The summed E-state index contributed by atoms with van der Waals surface area (Å²) in [5.74, 6) is 0. The second-order valence-electron chi connectivity index (χ2n) is 18.1. The van der Waals surface area contributed by atoms with Gasteiger partial charge in [0.2, 0.25) is 0 Å². The van der Waals surface area contributed by atoms with Crippen LogP contribution in [0.5, 0.6) is 0 Å². The van der Waals surface area contributed by atoms with Gasteiger partial charge in [-0.25, -0.2) is 0 Å². The Balaban J connectivity index is 1.40. The molecule has 0 bridgehead atoms. The summed E-state index contributed by atoms with van der Waals surface area (Å²) in [5.41, 5.74) is 21.3. The minimum atomic E-state index is -3.13. The van der Waals surface area contributed by atoms with E-state index in [1.165, 1.54) is 68.5 Å². The van der Waals surface area contributed by atoms with Gasteiger partial charge in [0.15, 0.2) is 0 Å². The Morgan fingerprint density at radius 1 is 0.604 bits per heavy atom. The molecule has 248 valence electrons. The van der Waals surface area contributed by atoms with E-state index in [0.29, 0.717) is 7.35 Å². The number of benzene rings is 4. The summed E-state index contributed by atoms with van der Waals surface area (Å²) < 4.78 is 6.77. The summed E-state index contributed by atoms with van der Waals surface area (Å²) in [4.78, 5) is 0. The summed E-state index contributed by atoms with van der Waals surface area (Å²) in [7, 11) is 0. The Morgan fingerprint density at radius 2 is 1.02 bits per heavy atom. The first-order chi connectivity index (χ1) is 22.5. The molecule has 2 unspecified atom stereocenters. The van der Waals surface area contributed by atoms with Crippen LogP contribution in [-0.2, 0) is 30.8 Å². The van der Waals surface area contributed by atoms with Crippen LogP contribution in [0.2, 0.25) is 9.36 Å². The first-order valence-corrected chi connectivity index (χ1v) is 29.7. The van der Waals surface area contributed by atoms with Gasteiger partial charge in [-0.1, -0.05) is 0 Å². The molecule has 48 heavy (non-hydrogen) atoms. The Bertz CT molecular complexity index is 1880. The Kier molecular flexibility index (Phi) is 7.99. The van der Waals surface area contributed by atoms with Crippen molar-refractivity contribution < 1.29 is 20.0 Å². The predicted molar refractivity (Wildman–Crippen MR) is 207 cm³/mol. The average Bonchev–Trinajstić information content (AvgIpc) is 3.61. The van der Waals surface area contributed by atoms with E-state index < -0.39 is 20.0 Å². The van der Waals surface area contributed by atoms with Crippen molar-refractivity contribution >= 4 is 12.2 Å². The summed E-state index contributed by atoms with van der Waals surface area (Å²) in [5, 5.41) is 0. The molecule has 0 nitrogen and oxygen atoms in total. The number of rotatable bonds is 4. The van der Waals surface area contributed by atoms with Crippen LogP contribution in [0.25, 0.3) is 34.4 Å². The molecule has 0 aromatic heterocycles. The zero-order valence-electron chi connectivity index (χ0n) is 31.7. The first-order valence-electron chi connectivity index (χ1n) is 18.4. The molecule has 2 aliphatic carbocycles. The van der Waals surface area contributed by atoms with Crippen molar-refractivity contribution in [1.29, 1.82) is 0 Å². The number of hydrogen-bond donors (Lipinski definition) is 0. The summed E-state index contributed by atoms with van der Waals surface area (Å²) in [6, 6.07) is 28.9. The molecule has 0 spiro atoms. The van der Waals surface area contributed by atoms with E-state index in [0.717, 1.165) is 0 Å². The monoisotopic (exact) mass is 800 g/mol. The summed E-state index contributed by atoms with van der Waals surface area (Å²) in [6.07, 6.45) is 7.78. The van der Waals surface area contributed by atoms with E-state index in [2.05, 4.69) is 164 Å². The van der Waals surface area contributed by atoms with Gasteiger partial charge in [-0.2, -0.15) is 0 Å². The fourth-order valence-electron chi connectivity index (χ4n) is 9.82. The molecule has 1 heterocycles. The minimum absolute atomic E-state index is 0.0580. The zero-order chi connectivity index (χ0) is 34.6. The van der Waals surface area contributed by atoms with Crippen molar-refractivity contribution in [3.8, 4) is 22.3 Å². The summed E-state index contributed by atoms with van der Waals surface area (Å²) >= 11 is -3.13. The maximum atomic E-state index is 2.78. The molecule has 0 amide bonds. The second kappa shape index (κ2) is 11.4. The number of hydrogen-bond acceptors (Lipinski definition) is 0. The third kappa shape index (κ3) is 5.08. The number of aryl methyl sites for hydroxylation is 2. The Hall–Kier alpha value is -2.77. The SMILES string of the molecule is CCCC1(C)C2=Cc3c(-c4ccc(C(C)(C)C)cc4C)cccc3[CH]2[Hf]([CH3])([CH3])[CH]2C1=Cc1c(-c3ccc(C(C)(C)C)cc3C)cccc12. The molecule has 0 radical (unpaired) electrons. The molecule has 4 aromatic carbocycles. The zero-order valence-corrected chi connectivity index (χ0v) is 35.2. The average molecular weight is 799 g/mol. The van der Waals surface area contributed by atoms with E-state index in [4.69, 9.17) is 0 Å². The van der Waals surface area contributed by atoms with Gasteiger partial charge in [-0.15, -0.1) is 0 Å². The van der Waals surface area contributed by atoms with Crippen molar-refractivity contribution in [2.45, 2.75) is 110 Å². The van der Waals surface area contributed by atoms with Crippen LogP contribution in [0.1, 0.15) is 120 Å². The van der Waals surface area contributed by atoms with Gasteiger partial charge in [0.05, 0.1) is 0 Å². The van der Waals surface area contributed by atoms with E-state index in [-0.39, 0.29) is 16.2 Å². The van der Waals surface area contributed by atoms with Gasteiger partial charge in [0, 0.05) is 0 Å². The quantitative estimate of drug-likeness (QED) is 0.180. The fraction of sp³-hybridized carbons (Fsp3) is 0.404. The van der Waals surface area contributed by atoms with Crippen molar-refractivity contribution in [2.75, 3.05) is 0 Å². The normalized spacial score (nSPS) is 22.4. The van der Waals surface area contributed by atoms with Crippen LogP contribution in [0.4, 0.5) is 0 Å². The molecule has 1 heteroatoms. The Labute approximate surface area is 296 Å². The molecule has 1 fully saturated rings. The third-order valence-electron chi connectivity index (χ3n) is 12.4. The molecule has 4 aromatic rings. The molecular formula is C47H56Hf. The summed E-state index contributed by atoms with van der Waals surface area (Å²) in [6.45, 7) is 23.5. The molecule has 1 aliphatic heterocycles. The van der Waals surface area contributed by atoms with E-state index in [1.807, 2.05) is 0 Å². The van der Waals surface area contributed by atoms with Gasteiger partial charge in [0.25, 0.3) is 0 Å².